The first kappa shape index (κ1) is 9.95. The lowest BCUT2D eigenvalue weighted by atomic mass is 10.3. The normalized spacial score (nSPS) is 18.1. The molecule has 0 aromatic rings. The predicted molar refractivity (Wildman–Crippen MR) is 48.2 cm³/mol. The van der Waals surface area contributed by atoms with E-state index in [0.29, 0.717) is 6.54 Å². The predicted octanol–water partition coefficient (Wildman–Crippen LogP) is -0.335. The van der Waals surface area contributed by atoms with E-state index < -0.39 is 10.0 Å². The first-order valence-corrected chi connectivity index (χ1v) is 5.96. The lowest BCUT2D eigenvalue weighted by Crippen LogP contribution is -2.30. The van der Waals surface area contributed by atoms with Crippen molar-refractivity contribution in [2.24, 2.45) is 11.7 Å². The second kappa shape index (κ2) is 4.20. The van der Waals surface area contributed by atoms with Crippen molar-refractivity contribution in [1.29, 1.82) is 0 Å². The summed E-state index contributed by atoms with van der Waals surface area (Å²) in [4.78, 5) is 0. The van der Waals surface area contributed by atoms with E-state index in [1.54, 1.807) is 0 Å². The summed E-state index contributed by atoms with van der Waals surface area (Å²) < 4.78 is 24.6. The van der Waals surface area contributed by atoms with Crippen LogP contribution in [0.2, 0.25) is 0 Å². The van der Waals surface area contributed by atoms with E-state index in [1.807, 2.05) is 0 Å². The molecule has 5 heteroatoms. The van der Waals surface area contributed by atoms with Gasteiger partial charge in [-0.05, 0) is 12.3 Å². The average molecular weight is 192 g/mol. The highest BCUT2D eigenvalue weighted by atomic mass is 32.2. The summed E-state index contributed by atoms with van der Waals surface area (Å²) in [5, 5.41) is 0. The summed E-state index contributed by atoms with van der Waals surface area (Å²) in [6.07, 6.45) is 3.50. The van der Waals surface area contributed by atoms with Gasteiger partial charge in [0.05, 0.1) is 5.75 Å². The quantitative estimate of drug-likeness (QED) is 0.605. The Bertz CT molecular complexity index is 222. The molecular weight excluding hydrogens is 176 g/mol. The van der Waals surface area contributed by atoms with Gasteiger partial charge in [0.25, 0.3) is 0 Å². The summed E-state index contributed by atoms with van der Waals surface area (Å²) >= 11 is 0. The SMILES string of the molecule is NCCS(=O)(=O)NCCC1CC1. The molecule has 1 aliphatic rings. The fraction of sp³-hybridized carbons (Fsp3) is 1.00. The number of sulfonamides is 1. The van der Waals surface area contributed by atoms with Crippen molar-refractivity contribution < 1.29 is 8.42 Å². The Hall–Kier alpha value is -0.130. The van der Waals surface area contributed by atoms with Gasteiger partial charge in [-0.1, -0.05) is 12.8 Å². The number of nitrogens with one attached hydrogen (secondary N) is 1. The van der Waals surface area contributed by atoms with E-state index in [4.69, 9.17) is 5.73 Å². The maximum atomic E-state index is 11.0. The van der Waals surface area contributed by atoms with Gasteiger partial charge in [0.15, 0.2) is 0 Å². The highest BCUT2D eigenvalue weighted by Gasteiger charge is 2.21. The van der Waals surface area contributed by atoms with Crippen LogP contribution < -0.4 is 10.5 Å². The first-order chi connectivity index (χ1) is 5.64. The van der Waals surface area contributed by atoms with Gasteiger partial charge in [0.2, 0.25) is 10.0 Å². The third-order valence-electron chi connectivity index (χ3n) is 1.96. The van der Waals surface area contributed by atoms with Crippen LogP contribution in [0.4, 0.5) is 0 Å². The molecule has 0 spiro atoms. The first-order valence-electron chi connectivity index (χ1n) is 4.31. The highest BCUT2D eigenvalue weighted by molar-refractivity contribution is 7.89. The summed E-state index contributed by atoms with van der Waals surface area (Å²) in [7, 11) is -3.07. The van der Waals surface area contributed by atoms with Crippen LogP contribution in [0.25, 0.3) is 0 Å². The van der Waals surface area contributed by atoms with E-state index >= 15 is 0 Å². The van der Waals surface area contributed by atoms with Crippen molar-refractivity contribution in [2.75, 3.05) is 18.8 Å². The topological polar surface area (TPSA) is 72.2 Å². The Labute approximate surface area is 73.6 Å². The van der Waals surface area contributed by atoms with Gasteiger partial charge in [-0.15, -0.1) is 0 Å². The average Bonchev–Trinajstić information content (AvgIpc) is 2.70. The van der Waals surface area contributed by atoms with Crippen molar-refractivity contribution in [2.45, 2.75) is 19.3 Å². The number of hydrogen-bond acceptors (Lipinski definition) is 3. The largest absolute Gasteiger partial charge is 0.329 e. The minimum Gasteiger partial charge on any atom is -0.329 e. The van der Waals surface area contributed by atoms with Crippen molar-refractivity contribution in [1.82, 2.24) is 4.72 Å². The van der Waals surface area contributed by atoms with Crippen LogP contribution in [-0.4, -0.2) is 27.3 Å². The fourth-order valence-corrected chi connectivity index (χ4v) is 1.94. The molecule has 4 nitrogen and oxygen atoms in total. The monoisotopic (exact) mass is 192 g/mol. The molecule has 0 aromatic carbocycles. The minimum atomic E-state index is -3.07. The van der Waals surface area contributed by atoms with Crippen molar-refractivity contribution in [3.8, 4) is 0 Å². The van der Waals surface area contributed by atoms with E-state index in [1.165, 1.54) is 12.8 Å². The van der Waals surface area contributed by atoms with Gasteiger partial charge in [0.1, 0.15) is 0 Å². The zero-order valence-electron chi connectivity index (χ0n) is 7.12. The van der Waals surface area contributed by atoms with E-state index in [0.717, 1.165) is 12.3 Å². The molecule has 0 heterocycles. The number of rotatable bonds is 6. The molecule has 1 aliphatic carbocycles. The molecule has 3 N–H and O–H groups in total. The van der Waals surface area contributed by atoms with E-state index in [9.17, 15) is 8.42 Å². The smallest absolute Gasteiger partial charge is 0.212 e. The second-order valence-corrected chi connectivity index (χ2v) is 5.16. The summed E-state index contributed by atoms with van der Waals surface area (Å²) in [5.41, 5.74) is 5.14. The summed E-state index contributed by atoms with van der Waals surface area (Å²) in [6, 6.07) is 0. The Morgan fingerprint density at radius 1 is 1.42 bits per heavy atom. The zero-order valence-corrected chi connectivity index (χ0v) is 7.94. The summed E-state index contributed by atoms with van der Waals surface area (Å²) in [5.74, 6) is 0.808. The molecule has 0 bridgehead atoms. The Morgan fingerprint density at radius 2 is 2.08 bits per heavy atom. The molecule has 12 heavy (non-hydrogen) atoms. The Balaban J connectivity index is 2.10. The maximum Gasteiger partial charge on any atom is 0.212 e. The lowest BCUT2D eigenvalue weighted by molar-refractivity contribution is 0.575. The van der Waals surface area contributed by atoms with Crippen LogP contribution >= 0.6 is 0 Å². The van der Waals surface area contributed by atoms with Crippen LogP contribution in [0.15, 0.2) is 0 Å². The van der Waals surface area contributed by atoms with Gasteiger partial charge in [0, 0.05) is 13.1 Å². The third-order valence-corrected chi connectivity index (χ3v) is 3.38. The molecule has 1 fully saturated rings. The lowest BCUT2D eigenvalue weighted by Gasteiger charge is -2.03. The standard InChI is InChI=1S/C7H16N2O2S/c8-4-6-12(10,11)9-5-3-7-1-2-7/h7,9H,1-6,8H2. The Kier molecular flexibility index (Phi) is 3.49. The summed E-state index contributed by atoms with van der Waals surface area (Å²) in [6.45, 7) is 0.770. The molecule has 0 atom stereocenters. The Morgan fingerprint density at radius 3 is 2.58 bits per heavy atom. The molecule has 0 aliphatic heterocycles. The molecule has 0 saturated heterocycles. The molecule has 1 rings (SSSR count). The number of nitrogens with two attached hydrogens (primary N) is 1. The van der Waals surface area contributed by atoms with Gasteiger partial charge in [-0.3, -0.25) is 0 Å². The zero-order chi connectivity index (χ0) is 9.03. The van der Waals surface area contributed by atoms with Crippen LogP contribution in [0.3, 0.4) is 0 Å². The van der Waals surface area contributed by atoms with Crippen LogP contribution in [-0.2, 0) is 10.0 Å². The molecule has 0 radical (unpaired) electrons. The van der Waals surface area contributed by atoms with E-state index in [2.05, 4.69) is 4.72 Å². The fourth-order valence-electron chi connectivity index (χ4n) is 1.05. The van der Waals surface area contributed by atoms with Crippen LogP contribution in [0, 0.1) is 5.92 Å². The maximum absolute atomic E-state index is 11.0. The van der Waals surface area contributed by atoms with Crippen molar-refractivity contribution in [3.63, 3.8) is 0 Å². The minimum absolute atomic E-state index is 0.0394. The number of hydrogen-bond donors (Lipinski definition) is 2. The molecule has 1 saturated carbocycles. The van der Waals surface area contributed by atoms with E-state index in [-0.39, 0.29) is 12.3 Å². The second-order valence-electron chi connectivity index (χ2n) is 3.23. The van der Waals surface area contributed by atoms with Crippen LogP contribution in [0.5, 0.6) is 0 Å². The molecule has 0 unspecified atom stereocenters. The van der Waals surface area contributed by atoms with Gasteiger partial charge < -0.3 is 5.73 Å². The highest BCUT2D eigenvalue weighted by Crippen LogP contribution is 2.31. The van der Waals surface area contributed by atoms with Crippen molar-refractivity contribution in [3.05, 3.63) is 0 Å². The van der Waals surface area contributed by atoms with Gasteiger partial charge in [-0.25, -0.2) is 13.1 Å². The molecule has 72 valence electrons. The third kappa shape index (κ3) is 4.04. The molecule has 0 amide bonds. The molecular formula is C7H16N2O2S. The van der Waals surface area contributed by atoms with Crippen LogP contribution in [0.1, 0.15) is 19.3 Å². The van der Waals surface area contributed by atoms with Gasteiger partial charge >= 0.3 is 0 Å². The van der Waals surface area contributed by atoms with Gasteiger partial charge in [-0.2, -0.15) is 0 Å². The molecule has 0 aromatic heterocycles. The van der Waals surface area contributed by atoms with Crippen molar-refractivity contribution >= 4 is 10.0 Å².